The van der Waals surface area contributed by atoms with E-state index in [-0.39, 0.29) is 11.3 Å². The summed E-state index contributed by atoms with van der Waals surface area (Å²) in [4.78, 5) is 0.921. The molecule has 0 aliphatic heterocycles. The van der Waals surface area contributed by atoms with Gasteiger partial charge in [0.1, 0.15) is 4.21 Å². The zero-order chi connectivity index (χ0) is 14.8. The average molecular weight is 304 g/mol. The van der Waals surface area contributed by atoms with Crippen LogP contribution in [0.4, 0.5) is 0 Å². The number of hydrogen-bond donors (Lipinski definition) is 2. The lowest BCUT2D eigenvalue weighted by Gasteiger charge is -2.27. The fourth-order valence-electron chi connectivity index (χ4n) is 1.44. The summed E-state index contributed by atoms with van der Waals surface area (Å²) in [5.74, 6) is 0.261. The molecule has 0 radical (unpaired) electrons. The minimum absolute atomic E-state index is 0.0797. The van der Waals surface area contributed by atoms with Crippen molar-refractivity contribution in [3.8, 4) is 0 Å². The van der Waals surface area contributed by atoms with E-state index >= 15 is 0 Å². The van der Waals surface area contributed by atoms with E-state index < -0.39 is 10.0 Å². The van der Waals surface area contributed by atoms with Crippen molar-refractivity contribution in [1.29, 1.82) is 0 Å². The normalized spacial score (nSPS) is 14.6. The summed E-state index contributed by atoms with van der Waals surface area (Å²) in [5, 5.41) is 0. The lowest BCUT2D eigenvalue weighted by atomic mass is 9.82. The molecule has 0 aliphatic carbocycles. The molecule has 1 aromatic rings. The standard InChI is InChI=1S/C13H24N2O2S2/c1-9-6-12(18-11(9)7-14)19(16,17)15-8-10(2)13(3,4)5/h6,10,15H,7-8,14H2,1-5H3. The number of sulfonamides is 1. The molecule has 0 fully saturated rings. The Morgan fingerprint density at radius 2 is 2.00 bits per heavy atom. The molecule has 3 N–H and O–H groups in total. The molecule has 1 aromatic heterocycles. The fourth-order valence-corrected chi connectivity index (χ4v) is 4.08. The highest BCUT2D eigenvalue weighted by atomic mass is 32.2. The second kappa shape index (κ2) is 5.91. The Hall–Kier alpha value is -0.430. The van der Waals surface area contributed by atoms with Gasteiger partial charge in [0.25, 0.3) is 0 Å². The summed E-state index contributed by atoms with van der Waals surface area (Å²) in [7, 11) is -3.41. The van der Waals surface area contributed by atoms with E-state index in [0.717, 1.165) is 10.4 Å². The highest BCUT2D eigenvalue weighted by Gasteiger charge is 2.24. The molecule has 1 rings (SSSR count). The minimum atomic E-state index is -3.41. The Labute approximate surface area is 120 Å². The van der Waals surface area contributed by atoms with Crippen molar-refractivity contribution in [2.24, 2.45) is 17.1 Å². The molecule has 110 valence electrons. The van der Waals surface area contributed by atoms with Gasteiger partial charge in [-0.3, -0.25) is 0 Å². The summed E-state index contributed by atoms with van der Waals surface area (Å²) in [5.41, 5.74) is 6.60. The van der Waals surface area contributed by atoms with Crippen molar-refractivity contribution in [2.75, 3.05) is 6.54 Å². The number of nitrogens with two attached hydrogens (primary N) is 1. The maximum Gasteiger partial charge on any atom is 0.250 e. The van der Waals surface area contributed by atoms with E-state index in [4.69, 9.17) is 5.73 Å². The van der Waals surface area contributed by atoms with Crippen LogP contribution in [0.15, 0.2) is 10.3 Å². The average Bonchev–Trinajstić information content (AvgIpc) is 2.67. The minimum Gasteiger partial charge on any atom is -0.326 e. The molecule has 19 heavy (non-hydrogen) atoms. The number of aryl methyl sites for hydroxylation is 1. The molecule has 4 nitrogen and oxygen atoms in total. The Morgan fingerprint density at radius 1 is 1.42 bits per heavy atom. The van der Waals surface area contributed by atoms with Gasteiger partial charge in [0, 0.05) is 18.0 Å². The van der Waals surface area contributed by atoms with Crippen molar-refractivity contribution in [3.63, 3.8) is 0 Å². The van der Waals surface area contributed by atoms with Crippen LogP contribution in [0.5, 0.6) is 0 Å². The first kappa shape index (κ1) is 16.6. The fraction of sp³-hybridized carbons (Fsp3) is 0.692. The van der Waals surface area contributed by atoms with Gasteiger partial charge < -0.3 is 5.73 Å². The van der Waals surface area contributed by atoms with Crippen molar-refractivity contribution in [2.45, 2.75) is 45.4 Å². The second-order valence-electron chi connectivity index (χ2n) is 5.99. The van der Waals surface area contributed by atoms with Crippen LogP contribution in [-0.4, -0.2) is 15.0 Å². The van der Waals surface area contributed by atoms with Gasteiger partial charge in [-0.25, -0.2) is 13.1 Å². The number of thiophene rings is 1. The third-order valence-electron chi connectivity index (χ3n) is 3.51. The van der Waals surface area contributed by atoms with Gasteiger partial charge in [-0.05, 0) is 29.9 Å². The van der Waals surface area contributed by atoms with Crippen LogP contribution in [0.3, 0.4) is 0 Å². The molecule has 0 saturated heterocycles. The smallest absolute Gasteiger partial charge is 0.250 e. The first-order valence-electron chi connectivity index (χ1n) is 6.37. The molecular weight excluding hydrogens is 280 g/mol. The first-order valence-corrected chi connectivity index (χ1v) is 8.67. The molecule has 1 atom stereocenters. The lowest BCUT2D eigenvalue weighted by Crippen LogP contribution is -2.33. The third kappa shape index (κ3) is 4.27. The number of hydrogen-bond acceptors (Lipinski definition) is 4. The van der Waals surface area contributed by atoms with Gasteiger partial charge in [0.15, 0.2) is 0 Å². The van der Waals surface area contributed by atoms with E-state index in [1.54, 1.807) is 6.07 Å². The van der Waals surface area contributed by atoms with Gasteiger partial charge >= 0.3 is 0 Å². The van der Waals surface area contributed by atoms with Crippen molar-refractivity contribution in [1.82, 2.24) is 4.72 Å². The van der Waals surface area contributed by atoms with Gasteiger partial charge in [-0.1, -0.05) is 27.7 Å². The summed E-state index contributed by atoms with van der Waals surface area (Å²) < 4.78 is 27.4. The second-order valence-corrected chi connectivity index (χ2v) is 9.13. The van der Waals surface area contributed by atoms with E-state index in [2.05, 4.69) is 25.5 Å². The van der Waals surface area contributed by atoms with E-state index in [1.165, 1.54) is 11.3 Å². The third-order valence-corrected chi connectivity index (χ3v) is 6.66. The van der Waals surface area contributed by atoms with Gasteiger partial charge in [-0.15, -0.1) is 11.3 Å². The summed E-state index contributed by atoms with van der Waals surface area (Å²) >= 11 is 1.25. The SMILES string of the molecule is Cc1cc(S(=O)(=O)NCC(C)C(C)(C)C)sc1CN. The Morgan fingerprint density at radius 3 is 2.42 bits per heavy atom. The molecule has 0 spiro atoms. The highest BCUT2D eigenvalue weighted by molar-refractivity contribution is 7.91. The number of rotatable bonds is 5. The molecule has 0 amide bonds. The van der Waals surface area contributed by atoms with Crippen molar-refractivity contribution in [3.05, 3.63) is 16.5 Å². The topological polar surface area (TPSA) is 72.2 Å². The maximum absolute atomic E-state index is 12.2. The zero-order valence-electron chi connectivity index (χ0n) is 12.3. The monoisotopic (exact) mass is 304 g/mol. The van der Waals surface area contributed by atoms with E-state index in [0.29, 0.717) is 17.3 Å². The summed E-state index contributed by atoms with van der Waals surface area (Å²) in [6.07, 6.45) is 0. The maximum atomic E-state index is 12.2. The van der Waals surface area contributed by atoms with Crippen LogP contribution in [0, 0.1) is 18.3 Å². The molecule has 0 aromatic carbocycles. The Kier molecular flexibility index (Phi) is 5.17. The zero-order valence-corrected chi connectivity index (χ0v) is 13.9. The molecule has 1 unspecified atom stereocenters. The summed E-state index contributed by atoms with van der Waals surface area (Å²) in [6, 6.07) is 1.69. The van der Waals surface area contributed by atoms with E-state index in [9.17, 15) is 8.42 Å². The molecular formula is C13H24N2O2S2. The Bertz CT molecular complexity index is 527. The largest absolute Gasteiger partial charge is 0.326 e. The van der Waals surface area contributed by atoms with E-state index in [1.807, 2.05) is 13.8 Å². The predicted octanol–water partition coefficient (Wildman–Crippen LogP) is 2.48. The van der Waals surface area contributed by atoms with Crippen LogP contribution in [-0.2, 0) is 16.6 Å². The first-order chi connectivity index (χ1) is 8.58. The predicted molar refractivity (Wildman–Crippen MR) is 80.8 cm³/mol. The molecule has 1 heterocycles. The summed E-state index contributed by atoms with van der Waals surface area (Å²) in [6.45, 7) is 11.1. The van der Waals surface area contributed by atoms with Crippen molar-refractivity contribution < 1.29 is 8.42 Å². The molecule has 6 heteroatoms. The Balaban J connectivity index is 2.81. The lowest BCUT2D eigenvalue weighted by molar-refractivity contribution is 0.263. The number of nitrogens with one attached hydrogen (secondary N) is 1. The van der Waals surface area contributed by atoms with Gasteiger partial charge in [0.05, 0.1) is 0 Å². The highest BCUT2D eigenvalue weighted by Crippen LogP contribution is 2.27. The van der Waals surface area contributed by atoms with Gasteiger partial charge in [-0.2, -0.15) is 0 Å². The quantitative estimate of drug-likeness (QED) is 0.878. The molecule has 0 saturated carbocycles. The molecule has 0 bridgehead atoms. The van der Waals surface area contributed by atoms with Gasteiger partial charge in [0.2, 0.25) is 10.0 Å². The van der Waals surface area contributed by atoms with Crippen molar-refractivity contribution >= 4 is 21.4 Å². The van der Waals surface area contributed by atoms with Crippen LogP contribution in [0.25, 0.3) is 0 Å². The molecule has 0 aliphatic rings. The van der Waals surface area contributed by atoms with Crippen LogP contribution in [0.2, 0.25) is 0 Å². The van der Waals surface area contributed by atoms with Crippen LogP contribution in [0.1, 0.15) is 38.1 Å². The van der Waals surface area contributed by atoms with Crippen LogP contribution < -0.4 is 10.5 Å². The van der Waals surface area contributed by atoms with Crippen LogP contribution >= 0.6 is 11.3 Å².